The summed E-state index contributed by atoms with van der Waals surface area (Å²) in [7, 11) is 1.69. The van der Waals surface area contributed by atoms with Crippen molar-refractivity contribution < 1.29 is 9.53 Å². The maximum Gasteiger partial charge on any atom is 0.232 e. The van der Waals surface area contributed by atoms with E-state index < -0.39 is 0 Å². The number of rotatable bonds is 4. The van der Waals surface area contributed by atoms with Crippen molar-refractivity contribution in [2.45, 2.75) is 6.42 Å². The summed E-state index contributed by atoms with van der Waals surface area (Å²) < 4.78 is 4.95. The molecule has 0 atom stereocenters. The third kappa shape index (κ3) is 2.71. The molecule has 0 saturated carbocycles. The monoisotopic (exact) mass is 170 g/mol. The van der Waals surface area contributed by atoms with Gasteiger partial charge in [-0.05, 0) is 6.42 Å². The van der Waals surface area contributed by atoms with Crippen LogP contribution in [0.25, 0.3) is 0 Å². The van der Waals surface area contributed by atoms with Gasteiger partial charge in [0.15, 0.2) is 0 Å². The zero-order valence-electron chi connectivity index (χ0n) is 7.32. The number of nitrogens with zero attached hydrogens (tertiary/aromatic N) is 2. The summed E-state index contributed by atoms with van der Waals surface area (Å²) in [6.45, 7) is 3.49. The van der Waals surface area contributed by atoms with Crippen LogP contribution in [0.4, 0.5) is 0 Å². The number of carbonyl (C=O) groups is 1. The lowest BCUT2D eigenvalue weighted by molar-refractivity contribution is -0.106. The molecule has 1 aliphatic rings. The average Bonchev–Trinajstić information content (AvgIpc) is 2.50. The van der Waals surface area contributed by atoms with Crippen LogP contribution in [0.3, 0.4) is 0 Å². The number of carbonyl (C=O) groups excluding carboxylic acids is 1. The lowest BCUT2D eigenvalue weighted by Gasteiger charge is -2.11. The first-order valence-electron chi connectivity index (χ1n) is 4.07. The third-order valence-corrected chi connectivity index (χ3v) is 1.97. The number of methoxy groups -OCH3 is 1. The highest BCUT2D eigenvalue weighted by atomic mass is 16.5. The normalized spacial score (nSPS) is 21.9. The molecular weight excluding hydrogens is 156 g/mol. The molecule has 1 saturated heterocycles. The summed E-state index contributed by atoms with van der Waals surface area (Å²) in [5.74, 6) is 0. The molecule has 1 heterocycles. The van der Waals surface area contributed by atoms with Crippen LogP contribution < -0.4 is 0 Å². The van der Waals surface area contributed by atoms with Crippen LogP contribution in [-0.2, 0) is 9.53 Å². The van der Waals surface area contributed by atoms with Gasteiger partial charge in [0.2, 0.25) is 6.41 Å². The highest BCUT2D eigenvalue weighted by molar-refractivity contribution is 5.92. The van der Waals surface area contributed by atoms with Gasteiger partial charge in [-0.15, -0.1) is 0 Å². The summed E-state index contributed by atoms with van der Waals surface area (Å²) >= 11 is 0. The van der Waals surface area contributed by atoms with Crippen molar-refractivity contribution in [1.29, 1.82) is 0 Å². The van der Waals surface area contributed by atoms with Crippen LogP contribution in [0.15, 0.2) is 4.99 Å². The number of ether oxygens (including phenoxy) is 1. The summed E-state index contributed by atoms with van der Waals surface area (Å²) in [5, 5.41) is 0. The zero-order valence-corrected chi connectivity index (χ0v) is 7.32. The molecule has 4 heteroatoms. The van der Waals surface area contributed by atoms with Gasteiger partial charge in [0.1, 0.15) is 0 Å². The van der Waals surface area contributed by atoms with Crippen LogP contribution >= 0.6 is 0 Å². The maximum absolute atomic E-state index is 10.1. The maximum atomic E-state index is 10.1. The molecule has 0 bridgehead atoms. The van der Waals surface area contributed by atoms with E-state index in [0.29, 0.717) is 6.41 Å². The molecule has 0 radical (unpaired) electrons. The van der Waals surface area contributed by atoms with Gasteiger partial charge in [0.05, 0.1) is 6.61 Å². The molecule has 0 aliphatic carbocycles. The molecule has 0 spiro atoms. The predicted molar refractivity (Wildman–Crippen MR) is 46.4 cm³/mol. The van der Waals surface area contributed by atoms with Crippen molar-refractivity contribution in [2.75, 3.05) is 33.4 Å². The minimum absolute atomic E-state index is 0.620. The highest BCUT2D eigenvalue weighted by Gasteiger charge is 2.16. The second kappa shape index (κ2) is 5.00. The van der Waals surface area contributed by atoms with Gasteiger partial charge >= 0.3 is 0 Å². The average molecular weight is 170 g/mol. The van der Waals surface area contributed by atoms with Gasteiger partial charge in [-0.3, -0.25) is 9.69 Å². The summed E-state index contributed by atoms with van der Waals surface area (Å²) in [5.41, 5.74) is 0.987. The van der Waals surface area contributed by atoms with Crippen molar-refractivity contribution in [2.24, 2.45) is 4.99 Å². The Kier molecular flexibility index (Phi) is 3.90. The summed E-state index contributed by atoms with van der Waals surface area (Å²) in [6, 6.07) is 0. The van der Waals surface area contributed by atoms with E-state index in [4.69, 9.17) is 4.74 Å². The van der Waals surface area contributed by atoms with Gasteiger partial charge in [0.25, 0.3) is 0 Å². The van der Waals surface area contributed by atoms with E-state index in [1.165, 1.54) is 0 Å². The van der Waals surface area contributed by atoms with Gasteiger partial charge in [-0.2, -0.15) is 0 Å². The lowest BCUT2D eigenvalue weighted by atomic mass is 10.3. The first-order chi connectivity index (χ1) is 5.86. The Balaban J connectivity index is 2.25. The topological polar surface area (TPSA) is 41.9 Å². The SMILES string of the molecule is COCCN1CCC(=NC=O)C1. The molecular formula is C8H14N2O2. The van der Waals surface area contributed by atoms with E-state index in [1.54, 1.807) is 7.11 Å². The fraction of sp³-hybridized carbons (Fsp3) is 0.750. The molecule has 12 heavy (non-hydrogen) atoms. The Morgan fingerprint density at radius 2 is 2.58 bits per heavy atom. The Morgan fingerprint density at radius 3 is 3.25 bits per heavy atom. The van der Waals surface area contributed by atoms with Crippen LogP contribution in [0, 0.1) is 0 Å². The molecule has 0 aromatic heterocycles. The molecule has 1 fully saturated rings. The Hall–Kier alpha value is -0.740. The Morgan fingerprint density at radius 1 is 1.75 bits per heavy atom. The third-order valence-electron chi connectivity index (χ3n) is 1.97. The summed E-state index contributed by atoms with van der Waals surface area (Å²) in [4.78, 5) is 16.0. The van der Waals surface area contributed by atoms with Crippen LogP contribution in [0.1, 0.15) is 6.42 Å². The molecule has 68 valence electrons. The minimum Gasteiger partial charge on any atom is -0.383 e. The lowest BCUT2D eigenvalue weighted by Crippen LogP contribution is -2.24. The molecule has 4 nitrogen and oxygen atoms in total. The zero-order chi connectivity index (χ0) is 8.81. The number of aliphatic imine (C=N–C) groups is 1. The van der Waals surface area contributed by atoms with E-state index in [1.807, 2.05) is 0 Å². The van der Waals surface area contributed by atoms with Gasteiger partial charge < -0.3 is 4.74 Å². The molecule has 0 N–H and O–H groups in total. The van der Waals surface area contributed by atoms with Crippen LogP contribution in [-0.4, -0.2) is 50.4 Å². The van der Waals surface area contributed by atoms with E-state index in [-0.39, 0.29) is 0 Å². The summed E-state index contributed by atoms with van der Waals surface area (Å²) in [6.07, 6.45) is 1.54. The Labute approximate surface area is 72.2 Å². The standard InChI is InChI=1S/C8H14N2O2/c1-12-5-4-10-3-2-8(6-10)9-7-11/h7H,2-6H2,1H3. The van der Waals surface area contributed by atoms with Crippen molar-refractivity contribution >= 4 is 12.1 Å². The molecule has 1 rings (SSSR count). The number of hydrogen-bond acceptors (Lipinski definition) is 3. The molecule has 0 aromatic carbocycles. The first kappa shape index (κ1) is 9.35. The number of likely N-dealkylation sites (tertiary alicyclic amines) is 1. The number of hydrogen-bond donors (Lipinski definition) is 0. The molecule has 0 unspecified atom stereocenters. The second-order valence-electron chi connectivity index (χ2n) is 2.82. The largest absolute Gasteiger partial charge is 0.383 e. The Bertz CT molecular complexity index is 180. The molecule has 1 amide bonds. The van der Waals surface area contributed by atoms with Crippen molar-refractivity contribution in [3.63, 3.8) is 0 Å². The van der Waals surface area contributed by atoms with E-state index in [0.717, 1.165) is 38.4 Å². The number of amides is 1. The minimum atomic E-state index is 0.620. The fourth-order valence-electron chi connectivity index (χ4n) is 1.29. The second-order valence-corrected chi connectivity index (χ2v) is 2.82. The van der Waals surface area contributed by atoms with Gasteiger partial charge in [-0.1, -0.05) is 0 Å². The van der Waals surface area contributed by atoms with E-state index in [9.17, 15) is 4.79 Å². The van der Waals surface area contributed by atoms with E-state index in [2.05, 4.69) is 9.89 Å². The van der Waals surface area contributed by atoms with Crippen molar-refractivity contribution in [3.05, 3.63) is 0 Å². The van der Waals surface area contributed by atoms with Crippen LogP contribution in [0.2, 0.25) is 0 Å². The predicted octanol–water partition coefficient (Wildman–Crippen LogP) is -0.0641. The van der Waals surface area contributed by atoms with Gasteiger partial charge in [-0.25, -0.2) is 4.99 Å². The van der Waals surface area contributed by atoms with Crippen LogP contribution in [0.5, 0.6) is 0 Å². The van der Waals surface area contributed by atoms with Gasteiger partial charge in [0, 0.05) is 32.5 Å². The highest BCUT2D eigenvalue weighted by Crippen LogP contribution is 2.04. The quantitative estimate of drug-likeness (QED) is 0.555. The fourth-order valence-corrected chi connectivity index (χ4v) is 1.29. The molecule has 1 aliphatic heterocycles. The molecule has 0 aromatic rings. The van der Waals surface area contributed by atoms with E-state index >= 15 is 0 Å². The van der Waals surface area contributed by atoms with Crippen molar-refractivity contribution in [3.8, 4) is 0 Å². The van der Waals surface area contributed by atoms with Crippen molar-refractivity contribution in [1.82, 2.24) is 4.90 Å². The first-order valence-corrected chi connectivity index (χ1v) is 4.07. The smallest absolute Gasteiger partial charge is 0.232 e.